The van der Waals surface area contributed by atoms with Gasteiger partial charge in [-0.15, -0.1) is 0 Å². The van der Waals surface area contributed by atoms with Gasteiger partial charge >= 0.3 is 0 Å². The molecule has 0 aromatic rings. The van der Waals surface area contributed by atoms with Gasteiger partial charge in [-0.1, -0.05) is 48.0 Å². The van der Waals surface area contributed by atoms with Crippen molar-refractivity contribution in [1.82, 2.24) is 0 Å². The predicted molar refractivity (Wildman–Crippen MR) is 77.1 cm³/mol. The Hall–Kier alpha value is 0.350. The normalized spacial score (nSPS) is 46.7. The van der Waals surface area contributed by atoms with Crippen LogP contribution >= 0.6 is 12.6 Å². The number of rotatable bonds is 3. The highest BCUT2D eigenvalue weighted by atomic mass is 32.1. The maximum Gasteiger partial charge on any atom is 0.00246 e. The van der Waals surface area contributed by atoms with E-state index in [0.29, 0.717) is 10.7 Å². The molecule has 0 radical (unpaired) electrons. The van der Waals surface area contributed by atoms with Gasteiger partial charge in [0.1, 0.15) is 0 Å². The highest BCUT2D eigenvalue weighted by molar-refractivity contribution is 7.80. The molecule has 1 fully saturated rings. The zero-order valence-corrected chi connectivity index (χ0v) is 12.8. The molecule has 96 valence electrons. The summed E-state index contributed by atoms with van der Waals surface area (Å²) < 4.78 is 0. The van der Waals surface area contributed by atoms with Crippen LogP contribution in [0, 0.1) is 29.1 Å². The van der Waals surface area contributed by atoms with Crippen molar-refractivity contribution in [2.75, 3.05) is 0 Å². The van der Waals surface area contributed by atoms with E-state index in [0.717, 1.165) is 23.7 Å². The highest BCUT2D eigenvalue weighted by Gasteiger charge is 2.48. The van der Waals surface area contributed by atoms with Crippen molar-refractivity contribution in [2.45, 2.75) is 66.1 Å². The van der Waals surface area contributed by atoms with Crippen LogP contribution in [0.25, 0.3) is 0 Å². The molecule has 1 aliphatic rings. The average Bonchev–Trinajstić information content (AvgIpc) is 2.15. The summed E-state index contributed by atoms with van der Waals surface area (Å²) in [5, 5.41) is 0.525. The zero-order valence-electron chi connectivity index (χ0n) is 12.0. The van der Waals surface area contributed by atoms with Gasteiger partial charge in [-0.05, 0) is 41.9 Å². The minimum atomic E-state index is 0.502. The molecule has 0 spiro atoms. The van der Waals surface area contributed by atoms with Gasteiger partial charge in [-0.3, -0.25) is 0 Å². The van der Waals surface area contributed by atoms with E-state index in [9.17, 15) is 0 Å². The largest absolute Gasteiger partial charge is 0.176 e. The summed E-state index contributed by atoms with van der Waals surface area (Å²) in [5.41, 5.74) is 0.502. The van der Waals surface area contributed by atoms with Gasteiger partial charge in [0.15, 0.2) is 0 Å². The molecule has 0 N–H and O–H groups in total. The van der Waals surface area contributed by atoms with E-state index in [1.165, 1.54) is 19.3 Å². The molecule has 6 atom stereocenters. The van der Waals surface area contributed by atoms with Crippen molar-refractivity contribution < 1.29 is 0 Å². The van der Waals surface area contributed by atoms with Crippen LogP contribution in [-0.4, -0.2) is 5.25 Å². The Morgan fingerprint density at radius 3 is 2.31 bits per heavy atom. The minimum absolute atomic E-state index is 0.502. The Kier molecular flexibility index (Phi) is 4.80. The lowest BCUT2D eigenvalue weighted by Crippen LogP contribution is -2.48. The van der Waals surface area contributed by atoms with Crippen LogP contribution in [0.15, 0.2) is 0 Å². The maximum atomic E-state index is 4.79. The summed E-state index contributed by atoms with van der Waals surface area (Å²) in [6, 6.07) is 0. The van der Waals surface area contributed by atoms with Gasteiger partial charge in [0, 0.05) is 5.25 Å². The van der Waals surface area contributed by atoms with Gasteiger partial charge in [-0.25, -0.2) is 0 Å². The monoisotopic (exact) mass is 242 g/mol. The molecule has 16 heavy (non-hydrogen) atoms. The summed E-state index contributed by atoms with van der Waals surface area (Å²) in [4.78, 5) is 0. The Balaban J connectivity index is 3.00. The van der Waals surface area contributed by atoms with E-state index >= 15 is 0 Å². The van der Waals surface area contributed by atoms with E-state index in [1.807, 2.05) is 0 Å². The molecule has 1 heteroatoms. The lowest BCUT2D eigenvalue weighted by atomic mass is 9.53. The van der Waals surface area contributed by atoms with Crippen molar-refractivity contribution in [1.29, 1.82) is 0 Å². The lowest BCUT2D eigenvalue weighted by Gasteiger charge is -2.54. The molecule has 1 aliphatic carbocycles. The van der Waals surface area contributed by atoms with Crippen LogP contribution in [0.2, 0.25) is 0 Å². The number of hydrogen-bond donors (Lipinski definition) is 1. The molecule has 0 bridgehead atoms. The first-order chi connectivity index (χ1) is 7.34. The van der Waals surface area contributed by atoms with E-state index in [4.69, 9.17) is 12.6 Å². The quantitative estimate of drug-likeness (QED) is 0.659. The lowest BCUT2D eigenvalue weighted by molar-refractivity contribution is -0.0257. The van der Waals surface area contributed by atoms with Gasteiger partial charge in [-0.2, -0.15) is 12.6 Å². The summed E-state index contributed by atoms with van der Waals surface area (Å²) in [5.74, 6) is 3.30. The summed E-state index contributed by atoms with van der Waals surface area (Å²) in [6.07, 6.45) is 4.06. The van der Waals surface area contributed by atoms with E-state index in [1.54, 1.807) is 0 Å². The van der Waals surface area contributed by atoms with Crippen LogP contribution in [0.1, 0.15) is 60.8 Å². The first-order valence-electron chi connectivity index (χ1n) is 7.02. The first-order valence-corrected chi connectivity index (χ1v) is 7.54. The minimum Gasteiger partial charge on any atom is -0.176 e. The Labute approximate surface area is 108 Å². The Morgan fingerprint density at radius 2 is 1.88 bits per heavy atom. The molecule has 0 heterocycles. The average molecular weight is 242 g/mol. The van der Waals surface area contributed by atoms with Gasteiger partial charge in [0.25, 0.3) is 0 Å². The molecular weight excluding hydrogens is 212 g/mol. The highest BCUT2D eigenvalue weighted by Crippen LogP contribution is 2.54. The molecule has 0 aromatic carbocycles. The zero-order chi connectivity index (χ0) is 12.5. The van der Waals surface area contributed by atoms with Crippen LogP contribution in [0.3, 0.4) is 0 Å². The number of hydrogen-bond acceptors (Lipinski definition) is 1. The third-order valence-electron chi connectivity index (χ3n) is 5.39. The fourth-order valence-corrected chi connectivity index (χ4v) is 4.88. The predicted octanol–water partition coefficient (Wildman–Crippen LogP) is 5.04. The van der Waals surface area contributed by atoms with Crippen molar-refractivity contribution in [3.8, 4) is 0 Å². The molecule has 0 nitrogen and oxygen atoms in total. The third-order valence-corrected chi connectivity index (χ3v) is 5.71. The fourth-order valence-electron chi connectivity index (χ4n) is 4.27. The summed E-state index contributed by atoms with van der Waals surface area (Å²) in [7, 11) is 0. The maximum absolute atomic E-state index is 4.79. The van der Waals surface area contributed by atoms with Crippen LogP contribution in [0.4, 0.5) is 0 Å². The SMILES string of the molecule is CCCC1(C)C(C)CC(C)C(C)C1C(C)S. The smallest absolute Gasteiger partial charge is 0.00246 e. The van der Waals surface area contributed by atoms with Crippen LogP contribution < -0.4 is 0 Å². The van der Waals surface area contributed by atoms with Crippen LogP contribution in [-0.2, 0) is 0 Å². The Morgan fingerprint density at radius 1 is 1.31 bits per heavy atom. The molecule has 1 rings (SSSR count). The second-order valence-corrected chi connectivity index (χ2v) is 7.31. The standard InChI is InChI=1S/C15H30S/c1-7-8-15(6)11(3)9-10(2)12(4)14(15)13(5)16/h10-14,16H,7-9H2,1-6H3. The van der Waals surface area contributed by atoms with Gasteiger partial charge < -0.3 is 0 Å². The first kappa shape index (κ1) is 14.4. The number of thiol groups is 1. The van der Waals surface area contributed by atoms with E-state index in [2.05, 4.69) is 41.5 Å². The molecule has 0 aromatic heterocycles. The van der Waals surface area contributed by atoms with Crippen LogP contribution in [0.5, 0.6) is 0 Å². The molecular formula is C15H30S. The summed E-state index contributed by atoms with van der Waals surface area (Å²) in [6.45, 7) is 14.5. The molecule has 6 unspecified atom stereocenters. The second-order valence-electron chi connectivity index (χ2n) is 6.50. The third kappa shape index (κ3) is 2.44. The second kappa shape index (κ2) is 5.33. The van der Waals surface area contributed by atoms with E-state index in [-0.39, 0.29) is 0 Å². The van der Waals surface area contributed by atoms with E-state index < -0.39 is 0 Å². The molecule has 0 amide bonds. The Bertz CT molecular complexity index is 223. The molecule has 0 aliphatic heterocycles. The van der Waals surface area contributed by atoms with Crippen molar-refractivity contribution in [3.05, 3.63) is 0 Å². The molecule has 1 saturated carbocycles. The van der Waals surface area contributed by atoms with Crippen molar-refractivity contribution in [2.24, 2.45) is 29.1 Å². The van der Waals surface area contributed by atoms with Gasteiger partial charge in [0.2, 0.25) is 0 Å². The molecule has 0 saturated heterocycles. The topological polar surface area (TPSA) is 0 Å². The van der Waals surface area contributed by atoms with Crippen molar-refractivity contribution >= 4 is 12.6 Å². The summed E-state index contributed by atoms with van der Waals surface area (Å²) >= 11 is 4.79. The fraction of sp³-hybridized carbons (Fsp3) is 1.00. The van der Waals surface area contributed by atoms with Gasteiger partial charge in [0.05, 0.1) is 0 Å². The van der Waals surface area contributed by atoms with Crippen molar-refractivity contribution in [3.63, 3.8) is 0 Å².